The van der Waals surface area contributed by atoms with Gasteiger partial charge >= 0.3 is 0 Å². The fraction of sp³-hybridized carbons (Fsp3) is 0.192. The molecule has 1 aliphatic heterocycles. The van der Waals surface area contributed by atoms with Crippen molar-refractivity contribution in [2.75, 3.05) is 5.75 Å². The summed E-state index contributed by atoms with van der Waals surface area (Å²) in [6.07, 6.45) is 4.69. The molecule has 0 spiro atoms. The van der Waals surface area contributed by atoms with Gasteiger partial charge in [-0.3, -0.25) is 4.98 Å². The molecule has 0 atom stereocenters. The fourth-order valence-corrected chi connectivity index (χ4v) is 5.21. The Kier molecular flexibility index (Phi) is 4.75. The van der Waals surface area contributed by atoms with Crippen molar-refractivity contribution in [2.45, 2.75) is 25.2 Å². The highest BCUT2D eigenvalue weighted by Crippen LogP contribution is 2.42. The van der Waals surface area contributed by atoms with Crippen molar-refractivity contribution >= 4 is 11.8 Å². The molecule has 4 heteroatoms. The molecule has 2 nitrogen and oxygen atoms in total. The molecule has 0 fully saturated rings. The van der Waals surface area contributed by atoms with Crippen molar-refractivity contribution in [3.05, 3.63) is 84.4 Å². The molecule has 3 heterocycles. The lowest BCUT2D eigenvalue weighted by Gasteiger charge is -2.30. The molecule has 0 aliphatic carbocycles. The summed E-state index contributed by atoms with van der Waals surface area (Å²) in [5.41, 5.74) is 8.10. The van der Waals surface area contributed by atoms with Crippen LogP contribution in [0.15, 0.2) is 78.0 Å². The molecular weight excluding hydrogens is 391 g/mol. The van der Waals surface area contributed by atoms with Crippen LogP contribution in [0.5, 0.6) is 0 Å². The van der Waals surface area contributed by atoms with Gasteiger partial charge in [0.25, 0.3) is 0 Å². The highest BCUT2D eigenvalue weighted by molar-refractivity contribution is 7.99. The van der Waals surface area contributed by atoms with Crippen molar-refractivity contribution in [1.29, 1.82) is 0 Å². The highest BCUT2D eigenvalue weighted by atomic mass is 32.2. The highest BCUT2D eigenvalue weighted by Gasteiger charge is 2.26. The number of hydrogen-bond acceptors (Lipinski definition) is 2. The molecule has 0 unspecified atom stereocenters. The van der Waals surface area contributed by atoms with Crippen molar-refractivity contribution in [2.24, 2.45) is 5.41 Å². The van der Waals surface area contributed by atoms with Crippen LogP contribution in [0.4, 0.5) is 4.39 Å². The van der Waals surface area contributed by atoms with Crippen molar-refractivity contribution < 1.29 is 4.39 Å². The largest absolute Gasteiger partial charge is 0.354 e. The zero-order valence-electron chi connectivity index (χ0n) is 17.1. The maximum atomic E-state index is 13.5. The van der Waals surface area contributed by atoms with Crippen LogP contribution in [0.25, 0.3) is 33.6 Å². The van der Waals surface area contributed by atoms with E-state index in [4.69, 9.17) is 0 Å². The van der Waals surface area contributed by atoms with Gasteiger partial charge in [0.05, 0.1) is 5.69 Å². The molecule has 0 amide bonds. The number of aromatic nitrogens is 2. The van der Waals surface area contributed by atoms with Gasteiger partial charge in [-0.15, -0.1) is 11.8 Å². The minimum Gasteiger partial charge on any atom is -0.354 e. The summed E-state index contributed by atoms with van der Waals surface area (Å²) in [6, 6.07) is 19.6. The Morgan fingerprint density at radius 3 is 2.40 bits per heavy atom. The van der Waals surface area contributed by atoms with Crippen LogP contribution in [-0.4, -0.2) is 15.7 Å². The van der Waals surface area contributed by atoms with E-state index in [0.29, 0.717) is 5.41 Å². The number of fused-ring (bicyclic) bond motifs is 1. The predicted molar refractivity (Wildman–Crippen MR) is 123 cm³/mol. The van der Waals surface area contributed by atoms with Gasteiger partial charge in [-0.1, -0.05) is 19.9 Å². The third kappa shape index (κ3) is 3.68. The van der Waals surface area contributed by atoms with Gasteiger partial charge in [0.1, 0.15) is 5.82 Å². The number of aromatic amines is 1. The summed E-state index contributed by atoms with van der Waals surface area (Å²) in [7, 11) is 0. The third-order valence-corrected chi connectivity index (χ3v) is 7.24. The monoisotopic (exact) mass is 414 g/mol. The Bertz CT molecular complexity index is 1190. The summed E-state index contributed by atoms with van der Waals surface area (Å²) in [4.78, 5) is 9.15. The molecular formula is C26H23FN2S. The minimum atomic E-state index is -0.231. The summed E-state index contributed by atoms with van der Waals surface area (Å²) in [6.45, 7) is 4.66. The van der Waals surface area contributed by atoms with Gasteiger partial charge in [0.15, 0.2) is 0 Å². The van der Waals surface area contributed by atoms with E-state index in [2.05, 4.69) is 48.1 Å². The van der Waals surface area contributed by atoms with Crippen LogP contribution in [-0.2, 0) is 6.42 Å². The Labute approximate surface area is 180 Å². The van der Waals surface area contributed by atoms with E-state index >= 15 is 0 Å². The van der Waals surface area contributed by atoms with Gasteiger partial charge in [-0.05, 0) is 88.7 Å². The molecule has 0 radical (unpaired) electrons. The van der Waals surface area contributed by atoms with Crippen LogP contribution in [0.2, 0.25) is 0 Å². The standard InChI is InChI=1S/C26H23FN2S/c1-26(2)15-20-13-19(5-8-24(20)30-16-26)23-14-22(17-9-11-28-12-10-17)25(29-23)18-3-6-21(27)7-4-18/h3-14,29H,15-16H2,1-2H3. The number of benzene rings is 2. The van der Waals surface area contributed by atoms with E-state index in [1.807, 2.05) is 36.0 Å². The Hall–Kier alpha value is -2.85. The van der Waals surface area contributed by atoms with Crippen LogP contribution in [0.1, 0.15) is 19.4 Å². The summed E-state index contributed by atoms with van der Waals surface area (Å²) < 4.78 is 13.5. The molecule has 2 aromatic carbocycles. The summed E-state index contributed by atoms with van der Waals surface area (Å²) in [5, 5.41) is 0. The van der Waals surface area contributed by atoms with Gasteiger partial charge in [0, 0.05) is 34.3 Å². The Balaban J connectivity index is 1.63. The molecule has 150 valence electrons. The van der Waals surface area contributed by atoms with Gasteiger partial charge in [-0.2, -0.15) is 0 Å². The summed E-state index contributed by atoms with van der Waals surface area (Å²) in [5.74, 6) is 0.925. The Morgan fingerprint density at radius 2 is 1.63 bits per heavy atom. The van der Waals surface area contributed by atoms with Gasteiger partial charge in [0.2, 0.25) is 0 Å². The second-order valence-corrected chi connectivity index (χ2v) is 9.68. The second kappa shape index (κ2) is 7.44. The molecule has 4 aromatic rings. The predicted octanol–water partition coefficient (Wildman–Crippen LogP) is 7.22. The number of nitrogens with zero attached hydrogens (tertiary/aromatic N) is 1. The minimum absolute atomic E-state index is 0.231. The quantitative estimate of drug-likeness (QED) is 0.383. The van der Waals surface area contributed by atoms with Crippen LogP contribution >= 0.6 is 11.8 Å². The molecule has 0 saturated carbocycles. The smallest absolute Gasteiger partial charge is 0.123 e. The first kappa shape index (κ1) is 19.1. The summed E-state index contributed by atoms with van der Waals surface area (Å²) >= 11 is 1.95. The molecule has 1 aliphatic rings. The maximum Gasteiger partial charge on any atom is 0.123 e. The topological polar surface area (TPSA) is 28.7 Å². The lowest BCUT2D eigenvalue weighted by atomic mass is 9.86. The molecule has 2 aromatic heterocycles. The first-order valence-corrected chi connectivity index (χ1v) is 11.1. The van der Waals surface area contributed by atoms with Crippen molar-refractivity contribution in [3.63, 3.8) is 0 Å². The van der Waals surface area contributed by atoms with Crippen molar-refractivity contribution in [1.82, 2.24) is 9.97 Å². The average molecular weight is 415 g/mol. The number of nitrogens with one attached hydrogen (secondary N) is 1. The number of thioether (sulfide) groups is 1. The zero-order chi connectivity index (χ0) is 20.7. The maximum absolute atomic E-state index is 13.5. The van der Waals surface area contributed by atoms with Crippen molar-refractivity contribution in [3.8, 4) is 33.6 Å². The average Bonchev–Trinajstić information content (AvgIpc) is 3.19. The van der Waals surface area contributed by atoms with E-state index in [9.17, 15) is 4.39 Å². The zero-order valence-corrected chi connectivity index (χ0v) is 17.9. The van der Waals surface area contributed by atoms with E-state index in [0.717, 1.165) is 40.3 Å². The molecule has 5 rings (SSSR count). The first-order chi connectivity index (χ1) is 14.5. The van der Waals surface area contributed by atoms with Gasteiger partial charge in [-0.25, -0.2) is 4.39 Å². The number of H-pyrrole nitrogens is 1. The molecule has 30 heavy (non-hydrogen) atoms. The first-order valence-electron chi connectivity index (χ1n) is 10.1. The number of pyridine rings is 1. The SMILES string of the molecule is CC1(C)CSc2ccc(-c3cc(-c4ccncc4)c(-c4ccc(F)cc4)[nH]3)cc2C1. The molecule has 0 bridgehead atoms. The Morgan fingerprint density at radius 1 is 0.900 bits per heavy atom. The van der Waals surface area contributed by atoms with Crippen LogP contribution in [0, 0.1) is 11.2 Å². The van der Waals surface area contributed by atoms with Gasteiger partial charge < -0.3 is 4.98 Å². The number of hydrogen-bond donors (Lipinski definition) is 1. The fourth-order valence-electron chi connectivity index (χ4n) is 4.08. The van der Waals surface area contributed by atoms with E-state index < -0.39 is 0 Å². The van der Waals surface area contributed by atoms with E-state index in [1.54, 1.807) is 12.4 Å². The second-order valence-electron chi connectivity index (χ2n) is 8.67. The van der Waals surface area contributed by atoms with E-state index in [-0.39, 0.29) is 5.82 Å². The van der Waals surface area contributed by atoms with Crippen LogP contribution < -0.4 is 0 Å². The third-order valence-electron chi connectivity index (χ3n) is 5.60. The molecule has 0 saturated heterocycles. The number of halogens is 1. The lowest BCUT2D eigenvalue weighted by molar-refractivity contribution is 0.412. The normalized spacial score (nSPS) is 15.0. The van der Waals surface area contributed by atoms with Crippen LogP contribution in [0.3, 0.4) is 0 Å². The molecule has 1 N–H and O–H groups in total. The lowest BCUT2D eigenvalue weighted by Crippen LogP contribution is -2.22. The number of rotatable bonds is 3. The van der Waals surface area contributed by atoms with E-state index in [1.165, 1.54) is 28.2 Å².